The zero-order chi connectivity index (χ0) is 41.5. The lowest BCUT2D eigenvalue weighted by Gasteiger charge is -2.64. The van der Waals surface area contributed by atoms with Gasteiger partial charge < -0.3 is 74.7 Å². The van der Waals surface area contributed by atoms with Crippen LogP contribution in [0.3, 0.4) is 0 Å². The van der Waals surface area contributed by atoms with Gasteiger partial charge in [0.1, 0.15) is 48.8 Å². The SMILES string of the molecule is CC(C)(O)C1CC[C@@](C)([C@H]2[C@@H](O)C[C@@]3(C)[C@@H]4CC[C@H]5C(C)(C)[C@@H](O[C@@H]6O[C@H](CO[C@@H]7O[C@H](CO)[C@@H](O)[C@H](O)[C@H]7O)[C@H](O)[C@H](O)[C@H]6O)CC[C@@]56C[C@@]46CC[C@]23CO)O1. The molecule has 15 heteroatoms. The highest BCUT2D eigenvalue weighted by Crippen LogP contribution is 2.89. The molecule has 0 aromatic rings. The van der Waals surface area contributed by atoms with Gasteiger partial charge in [-0.15, -0.1) is 0 Å². The van der Waals surface area contributed by atoms with E-state index in [1.54, 1.807) is 13.8 Å². The summed E-state index contributed by atoms with van der Waals surface area (Å²) in [4.78, 5) is 0. The Morgan fingerprint density at radius 3 is 1.93 bits per heavy atom. The third-order valence-corrected chi connectivity index (χ3v) is 18.0. The minimum atomic E-state index is -1.66. The molecule has 21 atom stereocenters. The smallest absolute Gasteiger partial charge is 0.186 e. The largest absolute Gasteiger partial charge is 0.396 e. The first-order chi connectivity index (χ1) is 26.6. The molecule has 5 saturated carbocycles. The molecule has 15 nitrogen and oxygen atoms in total. The van der Waals surface area contributed by atoms with Crippen molar-refractivity contribution in [2.45, 2.75) is 197 Å². The Labute approximate surface area is 335 Å². The summed E-state index contributed by atoms with van der Waals surface area (Å²) >= 11 is 0. The van der Waals surface area contributed by atoms with E-state index in [0.29, 0.717) is 25.2 Å². The van der Waals surface area contributed by atoms with Gasteiger partial charge in [0.15, 0.2) is 12.6 Å². The second kappa shape index (κ2) is 14.2. The molecule has 8 aliphatic rings. The highest BCUT2D eigenvalue weighted by atomic mass is 16.7. The molecule has 0 amide bonds. The zero-order valence-corrected chi connectivity index (χ0v) is 34.4. The standard InChI is InChI=1S/C42H70O15/c1-36(2)23-7-8-24-38(5)15-20(45)33(39(6)11-9-26(57-39)37(3,4)52)42(38,19-44)14-13-41(24)18-40(23,41)12-10-25(36)56-35-32(51)30(49)28(47)22(55-35)17-53-34-31(50)29(48)27(46)21(16-43)54-34/h20-35,43-52H,7-19H2,1-6H3/t20-,21+,22+,23-,24-,25-,26?,27+,28-,29-,30-,31+,32+,33+,34+,35-,38-,39-,40+,41-,42-/m0/s1. The predicted molar refractivity (Wildman–Crippen MR) is 200 cm³/mol. The molecule has 0 radical (unpaired) electrons. The fourth-order valence-corrected chi connectivity index (χ4v) is 15.1. The third-order valence-electron chi connectivity index (χ3n) is 18.0. The predicted octanol–water partition coefficient (Wildman–Crippen LogP) is 0.0866. The number of fused-ring (bicyclic) bond motifs is 2. The Morgan fingerprint density at radius 1 is 0.684 bits per heavy atom. The van der Waals surface area contributed by atoms with Gasteiger partial charge in [0.25, 0.3) is 0 Å². The second-order valence-corrected chi connectivity index (χ2v) is 21.3. The minimum Gasteiger partial charge on any atom is -0.396 e. The van der Waals surface area contributed by atoms with E-state index in [2.05, 4.69) is 27.7 Å². The summed E-state index contributed by atoms with van der Waals surface area (Å²) < 4.78 is 30.4. The summed E-state index contributed by atoms with van der Waals surface area (Å²) in [6.07, 6.45) is -7.77. The molecule has 3 aliphatic heterocycles. The summed E-state index contributed by atoms with van der Waals surface area (Å²) in [7, 11) is 0. The van der Waals surface area contributed by atoms with E-state index in [-0.39, 0.29) is 52.3 Å². The van der Waals surface area contributed by atoms with Crippen LogP contribution in [0.2, 0.25) is 0 Å². The van der Waals surface area contributed by atoms with Crippen molar-refractivity contribution in [1.82, 2.24) is 0 Å². The highest BCUT2D eigenvalue weighted by molar-refractivity contribution is 5.32. The molecule has 57 heavy (non-hydrogen) atoms. The van der Waals surface area contributed by atoms with Crippen molar-refractivity contribution in [1.29, 1.82) is 0 Å². The van der Waals surface area contributed by atoms with Gasteiger partial charge in [-0.05, 0) is 118 Å². The molecule has 1 unspecified atom stereocenters. The van der Waals surface area contributed by atoms with E-state index < -0.39 is 97.3 Å². The van der Waals surface area contributed by atoms with Crippen molar-refractivity contribution in [2.24, 2.45) is 44.8 Å². The average molecular weight is 815 g/mol. The van der Waals surface area contributed by atoms with E-state index in [1.807, 2.05) is 0 Å². The molecule has 3 saturated heterocycles. The van der Waals surface area contributed by atoms with Gasteiger partial charge in [-0.2, -0.15) is 0 Å². The van der Waals surface area contributed by atoms with Crippen LogP contribution in [0.15, 0.2) is 0 Å². The molecule has 328 valence electrons. The van der Waals surface area contributed by atoms with Crippen LogP contribution >= 0.6 is 0 Å². The van der Waals surface area contributed by atoms with Crippen molar-refractivity contribution < 1.29 is 74.7 Å². The van der Waals surface area contributed by atoms with Crippen LogP contribution < -0.4 is 0 Å². The fourth-order valence-electron chi connectivity index (χ4n) is 15.1. The van der Waals surface area contributed by atoms with Crippen molar-refractivity contribution in [3.63, 3.8) is 0 Å². The van der Waals surface area contributed by atoms with Crippen molar-refractivity contribution in [3.8, 4) is 0 Å². The monoisotopic (exact) mass is 814 g/mol. The number of aliphatic hydroxyl groups is 10. The van der Waals surface area contributed by atoms with Crippen molar-refractivity contribution in [2.75, 3.05) is 19.8 Å². The average Bonchev–Trinajstić information content (AvgIpc) is 3.51. The minimum absolute atomic E-state index is 0.0133. The van der Waals surface area contributed by atoms with Crippen LogP contribution in [0, 0.1) is 44.8 Å². The highest BCUT2D eigenvalue weighted by Gasteiger charge is 2.84. The maximum absolute atomic E-state index is 12.0. The summed E-state index contributed by atoms with van der Waals surface area (Å²) in [5.74, 6) is 0.354. The van der Waals surface area contributed by atoms with E-state index in [4.69, 9.17) is 23.7 Å². The summed E-state index contributed by atoms with van der Waals surface area (Å²) in [6, 6.07) is 0. The molecule has 8 rings (SSSR count). The van der Waals surface area contributed by atoms with Crippen LogP contribution in [0.1, 0.15) is 106 Å². The lowest BCUT2D eigenvalue weighted by atomic mass is 9.41. The lowest BCUT2D eigenvalue weighted by Crippen LogP contribution is -2.63. The van der Waals surface area contributed by atoms with Crippen LogP contribution in [-0.4, -0.2) is 162 Å². The summed E-state index contributed by atoms with van der Waals surface area (Å²) in [6.45, 7) is 11.3. The number of ether oxygens (including phenoxy) is 5. The van der Waals surface area contributed by atoms with Crippen molar-refractivity contribution in [3.05, 3.63) is 0 Å². The molecule has 0 bridgehead atoms. The van der Waals surface area contributed by atoms with E-state index in [9.17, 15) is 51.1 Å². The maximum atomic E-state index is 12.0. The van der Waals surface area contributed by atoms with Gasteiger partial charge in [-0.25, -0.2) is 0 Å². The molecule has 2 spiro atoms. The molecule has 3 heterocycles. The first kappa shape index (κ1) is 43.1. The van der Waals surface area contributed by atoms with Gasteiger partial charge in [0, 0.05) is 17.9 Å². The Bertz CT molecular complexity index is 1490. The van der Waals surface area contributed by atoms with E-state index >= 15 is 0 Å². The number of hydrogen-bond donors (Lipinski definition) is 10. The van der Waals surface area contributed by atoms with Gasteiger partial charge in [0.2, 0.25) is 0 Å². The normalized spacial score (nSPS) is 57.1. The van der Waals surface area contributed by atoms with Crippen LogP contribution in [-0.2, 0) is 23.7 Å². The molecule has 0 aromatic heterocycles. The number of aliphatic hydroxyl groups excluding tert-OH is 9. The van der Waals surface area contributed by atoms with Crippen LogP contribution in [0.25, 0.3) is 0 Å². The molecule has 0 aromatic carbocycles. The molecule has 8 fully saturated rings. The molecule has 5 aliphatic carbocycles. The van der Waals surface area contributed by atoms with E-state index in [1.165, 1.54) is 0 Å². The second-order valence-electron chi connectivity index (χ2n) is 21.3. The molecule has 10 N–H and O–H groups in total. The van der Waals surface area contributed by atoms with Gasteiger partial charge in [-0.1, -0.05) is 20.8 Å². The van der Waals surface area contributed by atoms with Crippen LogP contribution in [0.5, 0.6) is 0 Å². The van der Waals surface area contributed by atoms with Crippen molar-refractivity contribution >= 4 is 0 Å². The summed E-state index contributed by atoms with van der Waals surface area (Å²) in [5.41, 5.74) is -2.71. The maximum Gasteiger partial charge on any atom is 0.186 e. The Hall–Kier alpha value is -0.600. The fraction of sp³-hybridized carbons (Fsp3) is 1.00. The first-order valence-corrected chi connectivity index (χ1v) is 21.5. The lowest BCUT2D eigenvalue weighted by molar-refractivity contribution is -0.343. The zero-order valence-electron chi connectivity index (χ0n) is 34.4. The number of rotatable bonds is 9. The van der Waals surface area contributed by atoms with Gasteiger partial charge in [0.05, 0.1) is 42.7 Å². The Morgan fingerprint density at radius 2 is 1.30 bits per heavy atom. The Balaban J connectivity index is 0.969. The molecular weight excluding hydrogens is 744 g/mol. The molecular formula is C42H70O15. The number of hydrogen-bond acceptors (Lipinski definition) is 15. The quantitative estimate of drug-likeness (QED) is 0.139. The topological polar surface area (TPSA) is 248 Å². The first-order valence-electron chi connectivity index (χ1n) is 21.5. The summed E-state index contributed by atoms with van der Waals surface area (Å²) in [5, 5.41) is 107. The van der Waals surface area contributed by atoms with E-state index in [0.717, 1.165) is 44.9 Å². The van der Waals surface area contributed by atoms with Gasteiger partial charge in [-0.3, -0.25) is 0 Å². The Kier molecular flexibility index (Phi) is 10.7. The van der Waals surface area contributed by atoms with Crippen LogP contribution in [0.4, 0.5) is 0 Å². The van der Waals surface area contributed by atoms with Gasteiger partial charge >= 0.3 is 0 Å². The third kappa shape index (κ3) is 6.06.